The van der Waals surface area contributed by atoms with Crippen LogP contribution in [0.4, 0.5) is 0 Å². The summed E-state index contributed by atoms with van der Waals surface area (Å²) in [5.41, 5.74) is 1.06. The highest BCUT2D eigenvalue weighted by Gasteiger charge is 2.07. The molecular weight excluding hydrogens is 396 g/mol. The topological polar surface area (TPSA) is 72.2 Å². The fourth-order valence-corrected chi connectivity index (χ4v) is 4.04. The second-order valence-corrected chi connectivity index (χ2v) is 8.60. The van der Waals surface area contributed by atoms with Gasteiger partial charge in [-0.3, -0.25) is 0 Å². The Balaban J connectivity index is 1.81. The molecule has 3 N–H and O–H groups in total. The highest BCUT2D eigenvalue weighted by atomic mass is 79.9. The van der Waals surface area contributed by atoms with E-state index in [2.05, 4.69) is 21.2 Å². The predicted molar refractivity (Wildman–Crippen MR) is 90.3 cm³/mol. The molecule has 0 aliphatic carbocycles. The summed E-state index contributed by atoms with van der Waals surface area (Å²) in [6, 6.07) is 8.61. The zero-order chi connectivity index (χ0) is 15.5. The first-order valence-electron chi connectivity index (χ1n) is 6.12. The Morgan fingerprint density at radius 3 is 2.48 bits per heavy atom. The molecule has 0 aliphatic rings. The molecule has 2 aromatic rings. The quantitative estimate of drug-likeness (QED) is 0.720. The molecule has 2 rings (SSSR count). The second-order valence-electron chi connectivity index (χ2n) is 4.45. The highest BCUT2D eigenvalue weighted by Crippen LogP contribution is 2.31. The zero-order valence-electron chi connectivity index (χ0n) is 11.0. The van der Waals surface area contributed by atoms with Crippen LogP contribution in [0, 0.1) is 0 Å². The molecule has 0 bridgehead atoms. The monoisotopic (exact) mass is 408 g/mol. The Hall–Kier alpha value is -0.440. The van der Waals surface area contributed by atoms with E-state index in [0.29, 0.717) is 0 Å². The SMILES string of the molecule is NS(=O)(=O)c1ccc(CCNCc2cc(Br)c(Cl)s2)cc1. The molecular formula is C13H14BrClN2O2S2. The minimum absolute atomic E-state index is 0.136. The lowest BCUT2D eigenvalue weighted by Crippen LogP contribution is -2.16. The summed E-state index contributed by atoms with van der Waals surface area (Å²) in [7, 11) is -3.61. The van der Waals surface area contributed by atoms with Crippen LogP contribution in [0.1, 0.15) is 10.4 Å². The molecule has 1 heterocycles. The summed E-state index contributed by atoms with van der Waals surface area (Å²) in [4.78, 5) is 1.30. The van der Waals surface area contributed by atoms with Gasteiger partial charge in [0, 0.05) is 15.9 Å². The van der Waals surface area contributed by atoms with E-state index in [1.807, 2.05) is 6.07 Å². The average molecular weight is 410 g/mol. The number of benzene rings is 1. The number of thiophene rings is 1. The fraction of sp³-hybridized carbons (Fsp3) is 0.231. The second kappa shape index (κ2) is 7.21. The van der Waals surface area contributed by atoms with Gasteiger partial charge in [-0.25, -0.2) is 13.6 Å². The van der Waals surface area contributed by atoms with Gasteiger partial charge in [-0.15, -0.1) is 11.3 Å². The molecule has 0 radical (unpaired) electrons. The van der Waals surface area contributed by atoms with E-state index in [9.17, 15) is 8.42 Å². The van der Waals surface area contributed by atoms with E-state index in [-0.39, 0.29) is 4.90 Å². The number of nitrogens with two attached hydrogens (primary N) is 1. The van der Waals surface area contributed by atoms with Gasteiger partial charge in [0.15, 0.2) is 0 Å². The van der Waals surface area contributed by atoms with Crippen molar-refractivity contribution in [2.45, 2.75) is 17.9 Å². The van der Waals surface area contributed by atoms with Crippen molar-refractivity contribution in [1.29, 1.82) is 0 Å². The molecule has 21 heavy (non-hydrogen) atoms. The van der Waals surface area contributed by atoms with Crippen LogP contribution in [0.2, 0.25) is 4.34 Å². The fourth-order valence-electron chi connectivity index (χ4n) is 1.77. The zero-order valence-corrected chi connectivity index (χ0v) is 14.9. The van der Waals surface area contributed by atoms with E-state index >= 15 is 0 Å². The molecule has 0 unspecified atom stereocenters. The molecule has 0 atom stereocenters. The number of primary sulfonamides is 1. The normalized spacial score (nSPS) is 11.8. The molecule has 0 spiro atoms. The third-order valence-electron chi connectivity index (χ3n) is 2.84. The molecule has 4 nitrogen and oxygen atoms in total. The number of sulfonamides is 1. The molecule has 1 aromatic carbocycles. The summed E-state index contributed by atoms with van der Waals surface area (Å²) in [6.07, 6.45) is 0.811. The first-order valence-corrected chi connectivity index (χ1v) is 9.66. The van der Waals surface area contributed by atoms with Gasteiger partial charge in [-0.1, -0.05) is 23.7 Å². The van der Waals surface area contributed by atoms with E-state index < -0.39 is 10.0 Å². The van der Waals surface area contributed by atoms with E-state index in [1.54, 1.807) is 23.5 Å². The van der Waals surface area contributed by atoms with Gasteiger partial charge in [0.05, 0.1) is 4.90 Å². The van der Waals surface area contributed by atoms with Crippen molar-refractivity contribution in [3.8, 4) is 0 Å². The minimum atomic E-state index is -3.61. The van der Waals surface area contributed by atoms with Crippen molar-refractivity contribution in [2.24, 2.45) is 5.14 Å². The van der Waals surface area contributed by atoms with Crippen molar-refractivity contribution < 1.29 is 8.42 Å². The molecule has 0 fully saturated rings. The summed E-state index contributed by atoms with van der Waals surface area (Å²) in [5.74, 6) is 0. The minimum Gasteiger partial charge on any atom is -0.312 e. The summed E-state index contributed by atoms with van der Waals surface area (Å²) in [6.45, 7) is 1.55. The predicted octanol–water partition coefficient (Wildman–Crippen LogP) is 3.14. The first-order chi connectivity index (χ1) is 9.86. The summed E-state index contributed by atoms with van der Waals surface area (Å²) in [5, 5.41) is 8.38. The van der Waals surface area contributed by atoms with Crippen molar-refractivity contribution in [2.75, 3.05) is 6.54 Å². The third-order valence-corrected chi connectivity index (χ3v) is 6.24. The molecule has 8 heteroatoms. The number of nitrogens with one attached hydrogen (secondary N) is 1. The Morgan fingerprint density at radius 2 is 1.95 bits per heavy atom. The molecule has 0 saturated carbocycles. The third kappa shape index (κ3) is 5.05. The maximum atomic E-state index is 11.1. The van der Waals surface area contributed by atoms with Crippen molar-refractivity contribution >= 4 is 48.9 Å². The smallest absolute Gasteiger partial charge is 0.238 e. The van der Waals surface area contributed by atoms with Crippen LogP contribution >= 0.6 is 38.9 Å². The van der Waals surface area contributed by atoms with Gasteiger partial charge in [0.25, 0.3) is 0 Å². The van der Waals surface area contributed by atoms with Crippen LogP contribution in [0.25, 0.3) is 0 Å². The van der Waals surface area contributed by atoms with Gasteiger partial charge in [0.2, 0.25) is 10.0 Å². The highest BCUT2D eigenvalue weighted by molar-refractivity contribution is 9.10. The van der Waals surface area contributed by atoms with Gasteiger partial charge >= 0.3 is 0 Å². The van der Waals surface area contributed by atoms with Crippen LogP contribution in [-0.4, -0.2) is 15.0 Å². The molecule has 114 valence electrons. The summed E-state index contributed by atoms with van der Waals surface area (Å²) < 4.78 is 24.0. The molecule has 1 aromatic heterocycles. The van der Waals surface area contributed by atoms with Crippen molar-refractivity contribution in [3.05, 3.63) is 49.6 Å². The van der Waals surface area contributed by atoms with Crippen LogP contribution < -0.4 is 10.5 Å². The van der Waals surface area contributed by atoms with Crippen LogP contribution in [0.5, 0.6) is 0 Å². The first kappa shape index (κ1) is 16.9. The Morgan fingerprint density at radius 1 is 1.29 bits per heavy atom. The number of halogens is 2. The van der Waals surface area contributed by atoms with E-state index in [0.717, 1.165) is 38.8 Å². The number of hydrogen-bond acceptors (Lipinski definition) is 4. The van der Waals surface area contributed by atoms with Gasteiger partial charge in [-0.2, -0.15) is 0 Å². The van der Waals surface area contributed by atoms with Crippen LogP contribution in [0.15, 0.2) is 39.7 Å². The Labute approximate surface area is 141 Å². The molecule has 0 amide bonds. The summed E-state index contributed by atoms with van der Waals surface area (Å²) >= 11 is 10.9. The Kier molecular flexibility index (Phi) is 5.81. The van der Waals surface area contributed by atoms with Gasteiger partial charge in [0.1, 0.15) is 4.34 Å². The van der Waals surface area contributed by atoms with Crippen molar-refractivity contribution in [1.82, 2.24) is 5.32 Å². The van der Waals surface area contributed by atoms with Crippen molar-refractivity contribution in [3.63, 3.8) is 0 Å². The molecule has 0 aliphatic heterocycles. The molecule has 0 saturated heterocycles. The number of rotatable bonds is 6. The van der Waals surface area contributed by atoms with E-state index in [1.165, 1.54) is 12.1 Å². The standard InChI is InChI=1S/C13H14BrClN2O2S2/c14-12-7-10(20-13(12)15)8-17-6-5-9-1-3-11(4-2-9)21(16,18)19/h1-4,7,17H,5-6,8H2,(H2,16,18,19). The maximum Gasteiger partial charge on any atom is 0.238 e. The van der Waals surface area contributed by atoms with Gasteiger partial charge < -0.3 is 5.32 Å². The Bertz CT molecular complexity index is 695. The average Bonchev–Trinajstić information content (AvgIpc) is 2.73. The van der Waals surface area contributed by atoms with Gasteiger partial charge in [-0.05, 0) is 52.7 Å². The maximum absolute atomic E-state index is 11.1. The van der Waals surface area contributed by atoms with Crippen LogP contribution in [-0.2, 0) is 23.0 Å². The lowest BCUT2D eigenvalue weighted by Gasteiger charge is -2.04. The lowest BCUT2D eigenvalue weighted by molar-refractivity contribution is 0.597. The number of hydrogen-bond donors (Lipinski definition) is 2. The van der Waals surface area contributed by atoms with Crippen LogP contribution in [0.3, 0.4) is 0 Å². The van der Waals surface area contributed by atoms with E-state index in [4.69, 9.17) is 16.7 Å². The lowest BCUT2D eigenvalue weighted by atomic mass is 10.1. The largest absolute Gasteiger partial charge is 0.312 e.